The number of carbonyl (C=O) groups excluding carboxylic acids is 1. The Morgan fingerprint density at radius 1 is 1.07 bits per heavy atom. The molecule has 0 aliphatic heterocycles. The molecule has 0 unspecified atom stereocenters. The molecule has 9 heteroatoms. The third-order valence-corrected chi connectivity index (χ3v) is 5.95. The van der Waals surface area contributed by atoms with Gasteiger partial charge in [0, 0.05) is 15.4 Å². The van der Waals surface area contributed by atoms with Crippen LogP contribution in [0.5, 0.6) is 0 Å². The first-order valence-corrected chi connectivity index (χ1v) is 11.0. The minimum atomic E-state index is -0.683. The number of fused-ring (bicyclic) bond motifs is 1. The fourth-order valence-corrected chi connectivity index (χ4v) is 4.62. The molecule has 0 amide bonds. The fourth-order valence-electron chi connectivity index (χ4n) is 2.64. The molecule has 0 aliphatic rings. The van der Waals surface area contributed by atoms with Gasteiger partial charge in [0.2, 0.25) is 5.89 Å². The van der Waals surface area contributed by atoms with Gasteiger partial charge in [0.05, 0.1) is 10.2 Å². The van der Waals surface area contributed by atoms with E-state index < -0.39 is 5.63 Å². The van der Waals surface area contributed by atoms with Gasteiger partial charge in [-0.05, 0) is 53.2 Å². The van der Waals surface area contributed by atoms with Crippen molar-refractivity contribution in [2.24, 2.45) is 0 Å². The Morgan fingerprint density at radius 3 is 2.59 bits per heavy atom. The molecule has 2 aromatic heterocycles. The normalized spacial score (nSPS) is 11.1. The maximum Gasteiger partial charge on any atom is 0.347 e. The van der Waals surface area contributed by atoms with Gasteiger partial charge in [-0.2, -0.15) is 0 Å². The molecule has 0 saturated heterocycles. The monoisotopic (exact) mass is 534 g/mol. The number of nitrogens with zero attached hydrogens (tertiary/aromatic N) is 2. The van der Waals surface area contributed by atoms with Crippen molar-refractivity contribution in [1.29, 1.82) is 0 Å². The maximum absolute atomic E-state index is 12.6. The lowest BCUT2D eigenvalue weighted by Crippen LogP contribution is -2.15. The molecule has 0 saturated carbocycles. The summed E-state index contributed by atoms with van der Waals surface area (Å²) in [7, 11) is 0. The molecule has 0 spiro atoms. The molecule has 146 valence electrons. The number of aromatic nitrogens is 2. The van der Waals surface area contributed by atoms with Gasteiger partial charge in [0.15, 0.2) is 11.4 Å². The van der Waals surface area contributed by atoms with Crippen LogP contribution in [-0.2, 0) is 0 Å². The second kappa shape index (κ2) is 8.25. The molecular formula is C20H12Br2N2O4S. The molecule has 2 heterocycles. The summed E-state index contributed by atoms with van der Waals surface area (Å²) < 4.78 is 12.3. The van der Waals surface area contributed by atoms with Crippen molar-refractivity contribution in [3.63, 3.8) is 0 Å². The number of rotatable bonds is 5. The molecule has 0 aliphatic carbocycles. The van der Waals surface area contributed by atoms with Crippen molar-refractivity contribution in [2.45, 2.75) is 12.1 Å². The van der Waals surface area contributed by atoms with Gasteiger partial charge in [-0.3, -0.25) is 4.79 Å². The Balaban J connectivity index is 1.52. The van der Waals surface area contributed by atoms with Crippen LogP contribution in [0.3, 0.4) is 0 Å². The zero-order chi connectivity index (χ0) is 20.5. The van der Waals surface area contributed by atoms with Crippen molar-refractivity contribution < 1.29 is 13.6 Å². The summed E-state index contributed by atoms with van der Waals surface area (Å²) in [5.41, 5.74) is 1.61. The molecule has 0 bridgehead atoms. The number of ketones is 1. The van der Waals surface area contributed by atoms with Crippen LogP contribution in [0.2, 0.25) is 0 Å². The van der Waals surface area contributed by atoms with Gasteiger partial charge in [0.25, 0.3) is 5.22 Å². The van der Waals surface area contributed by atoms with Crippen molar-refractivity contribution in [1.82, 2.24) is 10.2 Å². The highest BCUT2D eigenvalue weighted by Gasteiger charge is 2.17. The Kier molecular flexibility index (Phi) is 5.71. The summed E-state index contributed by atoms with van der Waals surface area (Å²) in [6.07, 6.45) is 0. The van der Waals surface area contributed by atoms with Crippen molar-refractivity contribution in [3.05, 3.63) is 73.0 Å². The SMILES string of the molecule is Cc1ccc(-c2nnc(SCC(=O)c3cc4cc(Br)cc(Br)c4oc3=O)o2)cc1. The number of aryl methyl sites for hydroxylation is 1. The average molecular weight is 536 g/mol. The first-order valence-electron chi connectivity index (χ1n) is 8.40. The van der Waals surface area contributed by atoms with E-state index in [0.717, 1.165) is 27.4 Å². The Morgan fingerprint density at radius 2 is 1.83 bits per heavy atom. The fraction of sp³-hybridized carbons (Fsp3) is 0.100. The average Bonchev–Trinajstić information content (AvgIpc) is 3.16. The maximum atomic E-state index is 12.6. The molecule has 0 atom stereocenters. The zero-order valence-electron chi connectivity index (χ0n) is 14.9. The first kappa shape index (κ1) is 20.1. The Bertz CT molecular complexity index is 1280. The third kappa shape index (κ3) is 4.36. The summed E-state index contributed by atoms with van der Waals surface area (Å²) in [4.78, 5) is 24.8. The van der Waals surface area contributed by atoms with Gasteiger partial charge in [-0.1, -0.05) is 45.4 Å². The van der Waals surface area contributed by atoms with E-state index in [1.165, 1.54) is 6.07 Å². The lowest BCUT2D eigenvalue weighted by molar-refractivity contribution is 0.101. The van der Waals surface area contributed by atoms with Crippen molar-refractivity contribution in [3.8, 4) is 11.5 Å². The van der Waals surface area contributed by atoms with E-state index in [4.69, 9.17) is 8.83 Å². The molecular weight excluding hydrogens is 524 g/mol. The third-order valence-electron chi connectivity index (χ3n) is 4.08. The summed E-state index contributed by atoms with van der Waals surface area (Å²) in [5.74, 6) is -0.0299. The predicted octanol–water partition coefficient (Wildman–Crippen LogP) is 5.65. The molecule has 29 heavy (non-hydrogen) atoms. The minimum absolute atomic E-state index is 0.0201. The van der Waals surface area contributed by atoms with Crippen LogP contribution < -0.4 is 5.63 Å². The summed E-state index contributed by atoms with van der Waals surface area (Å²) in [5, 5.41) is 8.85. The molecule has 2 aromatic carbocycles. The second-order valence-electron chi connectivity index (χ2n) is 6.20. The molecule has 4 aromatic rings. The number of carbonyl (C=O) groups is 1. The first-order chi connectivity index (χ1) is 13.9. The lowest BCUT2D eigenvalue weighted by Gasteiger charge is -2.03. The molecule has 6 nitrogen and oxygen atoms in total. The number of halogens is 2. The predicted molar refractivity (Wildman–Crippen MR) is 117 cm³/mol. The van der Waals surface area contributed by atoms with Crippen molar-refractivity contribution in [2.75, 3.05) is 5.75 Å². The smallest absolute Gasteiger partial charge is 0.347 e. The van der Waals surface area contributed by atoms with E-state index in [9.17, 15) is 9.59 Å². The molecule has 0 radical (unpaired) electrons. The number of benzene rings is 2. The summed E-state index contributed by atoms with van der Waals surface area (Å²) >= 11 is 7.81. The highest BCUT2D eigenvalue weighted by molar-refractivity contribution is 9.11. The van der Waals surface area contributed by atoms with E-state index in [1.54, 1.807) is 12.1 Å². The van der Waals surface area contributed by atoms with Crippen molar-refractivity contribution >= 4 is 60.4 Å². The van der Waals surface area contributed by atoms with Crippen LogP contribution >= 0.6 is 43.6 Å². The highest BCUT2D eigenvalue weighted by atomic mass is 79.9. The number of hydrogen-bond acceptors (Lipinski definition) is 7. The number of Topliss-reactive ketones (excluding diaryl/α,β-unsaturated/α-hetero) is 1. The quantitative estimate of drug-likeness (QED) is 0.185. The van der Waals surface area contributed by atoms with E-state index in [-0.39, 0.29) is 22.3 Å². The molecule has 4 rings (SSSR count). The second-order valence-corrected chi connectivity index (χ2v) is 8.90. The van der Waals surface area contributed by atoms with Gasteiger partial charge < -0.3 is 8.83 Å². The minimum Gasteiger partial charge on any atom is -0.421 e. The van der Waals surface area contributed by atoms with E-state index in [0.29, 0.717) is 21.3 Å². The van der Waals surface area contributed by atoms with Gasteiger partial charge in [-0.15, -0.1) is 10.2 Å². The largest absolute Gasteiger partial charge is 0.421 e. The van der Waals surface area contributed by atoms with E-state index >= 15 is 0 Å². The topological polar surface area (TPSA) is 86.2 Å². The van der Waals surface area contributed by atoms with Gasteiger partial charge >= 0.3 is 5.63 Å². The highest BCUT2D eigenvalue weighted by Crippen LogP contribution is 2.29. The van der Waals surface area contributed by atoms with Gasteiger partial charge in [-0.25, -0.2) is 4.79 Å². The number of thioether (sulfide) groups is 1. The number of hydrogen-bond donors (Lipinski definition) is 0. The zero-order valence-corrected chi connectivity index (χ0v) is 18.9. The Hall–Kier alpha value is -2.23. The molecule has 0 N–H and O–H groups in total. The Labute approximate surface area is 186 Å². The summed E-state index contributed by atoms with van der Waals surface area (Å²) in [6.45, 7) is 1.99. The summed E-state index contributed by atoms with van der Waals surface area (Å²) in [6, 6.07) is 12.8. The van der Waals surface area contributed by atoms with Crippen LogP contribution in [0, 0.1) is 6.92 Å². The van der Waals surface area contributed by atoms with Crippen LogP contribution in [-0.4, -0.2) is 21.7 Å². The molecule has 0 fully saturated rings. The lowest BCUT2D eigenvalue weighted by atomic mass is 10.1. The van der Waals surface area contributed by atoms with E-state index in [1.807, 2.05) is 31.2 Å². The van der Waals surface area contributed by atoms with Crippen LogP contribution in [0.1, 0.15) is 15.9 Å². The van der Waals surface area contributed by atoms with Gasteiger partial charge in [0.1, 0.15) is 5.56 Å². The standard InChI is InChI=1S/C20H12Br2N2O4S/c1-10-2-4-11(5-3-10)18-23-24-20(28-18)29-9-16(25)14-7-12-6-13(21)8-15(22)17(12)27-19(14)26/h2-8H,9H2,1H3. The van der Waals surface area contributed by atoms with Crippen LogP contribution in [0.4, 0.5) is 0 Å². The van der Waals surface area contributed by atoms with E-state index in [2.05, 4.69) is 42.1 Å². The van der Waals surface area contributed by atoms with Crippen LogP contribution in [0.15, 0.2) is 70.3 Å². The van der Waals surface area contributed by atoms with Crippen LogP contribution in [0.25, 0.3) is 22.4 Å².